The number of amidine groups is 1. The number of hydrogen-bond donors (Lipinski definition) is 0. The first-order valence-electron chi connectivity index (χ1n) is 8.79. The summed E-state index contributed by atoms with van der Waals surface area (Å²) in [5, 5.41) is 0.631. The molecule has 0 bridgehead atoms. The van der Waals surface area contributed by atoms with Crippen molar-refractivity contribution in [2.75, 3.05) is 20.8 Å². The highest BCUT2D eigenvalue weighted by molar-refractivity contribution is 8.18. The molecule has 2 aliphatic rings. The van der Waals surface area contributed by atoms with Crippen molar-refractivity contribution in [3.63, 3.8) is 0 Å². The van der Waals surface area contributed by atoms with Crippen molar-refractivity contribution in [3.05, 3.63) is 51.7 Å². The third kappa shape index (κ3) is 3.40. The van der Waals surface area contributed by atoms with E-state index in [0.717, 1.165) is 5.56 Å². The van der Waals surface area contributed by atoms with E-state index in [9.17, 15) is 9.59 Å². The molecule has 0 saturated carbocycles. The third-order valence-corrected chi connectivity index (χ3v) is 5.71. The molecule has 1 unspecified atom stereocenters. The van der Waals surface area contributed by atoms with Gasteiger partial charge in [-0.15, -0.1) is 0 Å². The van der Waals surface area contributed by atoms with Crippen LogP contribution in [0.15, 0.2) is 51.1 Å². The minimum Gasteiger partial charge on any atom is -0.497 e. The monoisotopic (exact) mass is 402 g/mol. The second-order valence-corrected chi connectivity index (χ2v) is 7.15. The van der Waals surface area contributed by atoms with E-state index in [1.165, 1.54) is 18.9 Å². The Morgan fingerprint density at radius 2 is 1.82 bits per heavy atom. The molecule has 1 atom stereocenters. The van der Waals surface area contributed by atoms with Crippen LogP contribution in [0, 0.1) is 0 Å². The number of ether oxygens (including phenoxy) is 3. The Hall–Kier alpha value is -2.74. The molecule has 8 heteroatoms. The van der Waals surface area contributed by atoms with Gasteiger partial charge in [0.1, 0.15) is 10.7 Å². The number of carbonyl (C=O) groups is 2. The van der Waals surface area contributed by atoms with E-state index in [2.05, 4.69) is 4.99 Å². The molecule has 148 valence electrons. The fraction of sp³-hybridized carbons (Fsp3) is 0.350. The number of benzene rings is 1. The van der Waals surface area contributed by atoms with Gasteiger partial charge in [0, 0.05) is 5.70 Å². The summed E-state index contributed by atoms with van der Waals surface area (Å²) in [5.74, 6) is -0.139. The van der Waals surface area contributed by atoms with E-state index in [-0.39, 0.29) is 6.61 Å². The minimum atomic E-state index is -0.467. The standard InChI is InChI=1S/C20H22N2O5S/c1-6-27-19(24)17-12(3)22-16(13-7-9-14(25-4)10-8-13)15(18(23)26-5)11(2)21-20(22)28-17/h7-10,16H,6H2,1-5H3. The summed E-state index contributed by atoms with van der Waals surface area (Å²) in [6.45, 7) is 5.65. The highest BCUT2D eigenvalue weighted by Crippen LogP contribution is 2.47. The zero-order valence-electron chi connectivity index (χ0n) is 16.4. The molecule has 1 aromatic rings. The van der Waals surface area contributed by atoms with Crippen molar-refractivity contribution in [2.24, 2.45) is 4.99 Å². The molecule has 2 heterocycles. The van der Waals surface area contributed by atoms with E-state index in [4.69, 9.17) is 14.2 Å². The molecule has 0 aliphatic carbocycles. The van der Waals surface area contributed by atoms with Crippen LogP contribution in [0.1, 0.15) is 32.4 Å². The maximum atomic E-state index is 12.6. The van der Waals surface area contributed by atoms with Crippen LogP contribution >= 0.6 is 11.8 Å². The van der Waals surface area contributed by atoms with Crippen LogP contribution in [0.25, 0.3) is 0 Å². The molecule has 0 N–H and O–H groups in total. The molecule has 28 heavy (non-hydrogen) atoms. The summed E-state index contributed by atoms with van der Waals surface area (Å²) in [6, 6.07) is 6.98. The van der Waals surface area contributed by atoms with Crippen LogP contribution in [0.4, 0.5) is 0 Å². The SMILES string of the molecule is CCOC(=O)C1=C(C)N2C(=NC(C)=C(C(=O)OC)C2c2ccc(OC)cc2)S1. The van der Waals surface area contributed by atoms with Gasteiger partial charge in [-0.3, -0.25) is 0 Å². The second-order valence-electron chi connectivity index (χ2n) is 6.17. The van der Waals surface area contributed by atoms with Gasteiger partial charge in [-0.05, 0) is 50.2 Å². The lowest BCUT2D eigenvalue weighted by Crippen LogP contribution is -2.36. The van der Waals surface area contributed by atoms with Gasteiger partial charge in [-0.25, -0.2) is 14.6 Å². The summed E-state index contributed by atoms with van der Waals surface area (Å²) in [7, 11) is 2.94. The van der Waals surface area contributed by atoms with Gasteiger partial charge in [-0.2, -0.15) is 0 Å². The van der Waals surface area contributed by atoms with Crippen molar-refractivity contribution in [3.8, 4) is 5.75 Å². The van der Waals surface area contributed by atoms with Gasteiger partial charge in [-0.1, -0.05) is 12.1 Å². The smallest absolute Gasteiger partial charge is 0.346 e. The number of carbonyl (C=O) groups excluding carboxylic acids is 2. The first-order chi connectivity index (χ1) is 13.4. The number of esters is 2. The highest BCUT2D eigenvalue weighted by Gasteiger charge is 2.43. The normalized spacial score (nSPS) is 18.7. The van der Waals surface area contributed by atoms with E-state index < -0.39 is 18.0 Å². The highest BCUT2D eigenvalue weighted by atomic mass is 32.2. The van der Waals surface area contributed by atoms with Crippen LogP contribution in [-0.2, 0) is 19.1 Å². The molecule has 0 spiro atoms. The Morgan fingerprint density at radius 1 is 1.14 bits per heavy atom. The zero-order valence-corrected chi connectivity index (χ0v) is 17.3. The predicted molar refractivity (Wildman–Crippen MR) is 107 cm³/mol. The van der Waals surface area contributed by atoms with E-state index >= 15 is 0 Å². The van der Waals surface area contributed by atoms with Crippen molar-refractivity contribution < 1.29 is 23.8 Å². The molecule has 0 fully saturated rings. The first-order valence-corrected chi connectivity index (χ1v) is 9.61. The number of nitrogens with zero attached hydrogens (tertiary/aromatic N) is 2. The third-order valence-electron chi connectivity index (χ3n) is 4.57. The van der Waals surface area contributed by atoms with Crippen molar-refractivity contribution in [1.29, 1.82) is 0 Å². The maximum Gasteiger partial charge on any atom is 0.346 e. The van der Waals surface area contributed by atoms with Crippen molar-refractivity contribution in [2.45, 2.75) is 26.8 Å². The van der Waals surface area contributed by atoms with Gasteiger partial charge >= 0.3 is 11.9 Å². The van der Waals surface area contributed by atoms with E-state index in [0.29, 0.717) is 32.8 Å². The van der Waals surface area contributed by atoms with Gasteiger partial charge in [0.2, 0.25) is 0 Å². The fourth-order valence-electron chi connectivity index (χ4n) is 3.24. The average Bonchev–Trinajstić information content (AvgIpc) is 3.02. The van der Waals surface area contributed by atoms with Gasteiger partial charge in [0.15, 0.2) is 5.17 Å². The Kier molecular flexibility index (Phi) is 5.79. The minimum absolute atomic E-state index is 0.287. The van der Waals surface area contributed by atoms with Gasteiger partial charge < -0.3 is 19.1 Å². The largest absolute Gasteiger partial charge is 0.497 e. The Morgan fingerprint density at radius 3 is 2.39 bits per heavy atom. The van der Waals surface area contributed by atoms with Gasteiger partial charge in [0.05, 0.1) is 38.1 Å². The molecular weight excluding hydrogens is 380 g/mol. The number of fused-ring (bicyclic) bond motifs is 1. The van der Waals surface area contributed by atoms with Gasteiger partial charge in [0.25, 0.3) is 0 Å². The maximum absolute atomic E-state index is 12.6. The molecule has 2 aliphatic heterocycles. The average molecular weight is 402 g/mol. The lowest BCUT2D eigenvalue weighted by atomic mass is 9.94. The first kappa shape index (κ1) is 20.0. The van der Waals surface area contributed by atoms with E-state index in [1.54, 1.807) is 21.0 Å². The molecule has 7 nitrogen and oxygen atoms in total. The van der Waals surface area contributed by atoms with Crippen LogP contribution in [0.2, 0.25) is 0 Å². The number of methoxy groups -OCH3 is 2. The number of thioether (sulfide) groups is 1. The molecule has 0 aromatic heterocycles. The Bertz CT molecular complexity index is 902. The molecule has 0 amide bonds. The van der Waals surface area contributed by atoms with Crippen LogP contribution in [-0.4, -0.2) is 42.8 Å². The lowest BCUT2D eigenvalue weighted by Gasteiger charge is -2.35. The summed E-state index contributed by atoms with van der Waals surface area (Å²) < 4.78 is 15.4. The predicted octanol–water partition coefficient (Wildman–Crippen LogP) is 3.40. The number of hydrogen-bond acceptors (Lipinski definition) is 8. The van der Waals surface area contributed by atoms with Crippen molar-refractivity contribution in [1.82, 2.24) is 4.90 Å². The Labute approximate surface area is 168 Å². The van der Waals surface area contributed by atoms with Crippen LogP contribution in [0.5, 0.6) is 5.75 Å². The van der Waals surface area contributed by atoms with Crippen LogP contribution < -0.4 is 4.74 Å². The number of rotatable bonds is 5. The molecule has 1 aromatic carbocycles. The lowest BCUT2D eigenvalue weighted by molar-refractivity contribution is -0.138. The summed E-state index contributed by atoms with van der Waals surface area (Å²) in [6.07, 6.45) is 0. The second kappa shape index (κ2) is 8.10. The molecule has 0 saturated heterocycles. The quantitative estimate of drug-likeness (QED) is 0.699. The topological polar surface area (TPSA) is 77.4 Å². The Balaban J connectivity index is 2.13. The zero-order chi connectivity index (χ0) is 20.4. The van der Waals surface area contributed by atoms with Crippen LogP contribution in [0.3, 0.4) is 0 Å². The summed E-state index contributed by atoms with van der Waals surface area (Å²) >= 11 is 1.25. The fourth-order valence-corrected chi connectivity index (χ4v) is 4.33. The summed E-state index contributed by atoms with van der Waals surface area (Å²) in [4.78, 5) is 31.9. The molecule has 0 radical (unpaired) electrons. The van der Waals surface area contributed by atoms with E-state index in [1.807, 2.05) is 36.1 Å². The number of allylic oxidation sites excluding steroid dienone is 2. The molecular formula is C20H22N2O5S. The molecule has 3 rings (SSSR count). The summed E-state index contributed by atoms with van der Waals surface area (Å²) in [5.41, 5.74) is 2.54. The van der Waals surface area contributed by atoms with Crippen molar-refractivity contribution >= 4 is 28.9 Å². The number of aliphatic imine (C=N–C) groups is 1.